The molecule has 0 amide bonds. The van der Waals surface area contributed by atoms with E-state index < -0.39 is 0 Å². The number of halogens is 1. The van der Waals surface area contributed by atoms with Crippen molar-refractivity contribution in [1.82, 2.24) is 0 Å². The van der Waals surface area contributed by atoms with Crippen molar-refractivity contribution in [1.29, 1.82) is 5.26 Å². The molecular formula is C13H15BrN2S. The van der Waals surface area contributed by atoms with E-state index in [1.165, 1.54) is 17.9 Å². The maximum Gasteiger partial charge on any atom is 0.101 e. The Bertz CT molecular complexity index is 436. The van der Waals surface area contributed by atoms with E-state index in [4.69, 9.17) is 0 Å². The van der Waals surface area contributed by atoms with Crippen molar-refractivity contribution in [2.24, 2.45) is 0 Å². The van der Waals surface area contributed by atoms with Crippen LogP contribution in [0.25, 0.3) is 0 Å². The van der Waals surface area contributed by atoms with Crippen molar-refractivity contribution < 1.29 is 0 Å². The molecule has 1 aromatic rings. The Morgan fingerprint density at radius 3 is 3.00 bits per heavy atom. The van der Waals surface area contributed by atoms with Crippen LogP contribution in [0, 0.1) is 11.3 Å². The van der Waals surface area contributed by atoms with Gasteiger partial charge in [-0.25, -0.2) is 0 Å². The lowest BCUT2D eigenvalue weighted by molar-refractivity contribution is 0.699. The first-order chi connectivity index (χ1) is 8.26. The van der Waals surface area contributed by atoms with Gasteiger partial charge in [-0.05, 0) is 29.9 Å². The Labute approximate surface area is 115 Å². The van der Waals surface area contributed by atoms with Gasteiger partial charge in [-0.15, -0.1) is 0 Å². The van der Waals surface area contributed by atoms with Crippen LogP contribution in [0.15, 0.2) is 18.2 Å². The smallest absolute Gasteiger partial charge is 0.101 e. The zero-order valence-electron chi connectivity index (χ0n) is 9.82. The lowest BCUT2D eigenvalue weighted by Crippen LogP contribution is -2.31. The fourth-order valence-electron chi connectivity index (χ4n) is 2.09. The number of alkyl halides is 1. The summed E-state index contributed by atoms with van der Waals surface area (Å²) in [6, 6.07) is 9.01. The van der Waals surface area contributed by atoms with Crippen LogP contribution in [0.2, 0.25) is 0 Å². The van der Waals surface area contributed by atoms with E-state index in [2.05, 4.69) is 46.1 Å². The van der Waals surface area contributed by atoms with Gasteiger partial charge < -0.3 is 4.90 Å². The van der Waals surface area contributed by atoms with E-state index in [0.717, 1.165) is 22.1 Å². The number of benzene rings is 1. The summed E-state index contributed by atoms with van der Waals surface area (Å²) in [5, 5.41) is 10.0. The van der Waals surface area contributed by atoms with Crippen molar-refractivity contribution in [2.45, 2.75) is 17.8 Å². The highest BCUT2D eigenvalue weighted by atomic mass is 79.9. The Balaban J connectivity index is 2.28. The summed E-state index contributed by atoms with van der Waals surface area (Å²) >= 11 is 5.42. The molecule has 17 heavy (non-hydrogen) atoms. The Hall–Kier alpha value is -0.660. The molecule has 2 rings (SSSR count). The van der Waals surface area contributed by atoms with Gasteiger partial charge >= 0.3 is 0 Å². The van der Waals surface area contributed by atoms with Crippen LogP contribution in [0.1, 0.15) is 17.5 Å². The zero-order chi connectivity index (χ0) is 12.3. The molecule has 0 radical (unpaired) electrons. The molecule has 90 valence electrons. The molecule has 4 heteroatoms. The highest BCUT2D eigenvalue weighted by Gasteiger charge is 2.21. The molecule has 1 heterocycles. The fourth-order valence-corrected chi connectivity index (χ4v) is 3.70. The second kappa shape index (κ2) is 5.79. The topological polar surface area (TPSA) is 27.0 Å². The summed E-state index contributed by atoms with van der Waals surface area (Å²) in [4.78, 5) is 2.26. The predicted molar refractivity (Wildman–Crippen MR) is 77.9 cm³/mol. The van der Waals surface area contributed by atoms with Crippen molar-refractivity contribution in [3.8, 4) is 6.07 Å². The summed E-state index contributed by atoms with van der Waals surface area (Å²) in [5.41, 5.74) is 2.99. The molecule has 1 unspecified atom stereocenters. The van der Waals surface area contributed by atoms with Crippen molar-refractivity contribution in [3.05, 3.63) is 29.3 Å². The maximum atomic E-state index is 9.23. The molecule has 1 fully saturated rings. The van der Waals surface area contributed by atoms with Crippen LogP contribution in [-0.4, -0.2) is 24.6 Å². The van der Waals surface area contributed by atoms with Gasteiger partial charge in [0.25, 0.3) is 0 Å². The molecule has 0 N–H and O–H groups in total. The lowest BCUT2D eigenvalue weighted by atomic mass is 10.1. The first-order valence-electron chi connectivity index (χ1n) is 5.66. The van der Waals surface area contributed by atoms with Gasteiger partial charge in [0.1, 0.15) is 6.07 Å². The number of thioether (sulfide) groups is 1. The summed E-state index contributed by atoms with van der Waals surface area (Å²) in [6.07, 6.45) is 1.21. The molecule has 1 aliphatic heterocycles. The highest BCUT2D eigenvalue weighted by molar-refractivity contribution is 9.08. The zero-order valence-corrected chi connectivity index (χ0v) is 12.2. The Kier molecular flexibility index (Phi) is 4.36. The molecule has 0 aliphatic carbocycles. The number of hydrogen-bond acceptors (Lipinski definition) is 3. The maximum absolute atomic E-state index is 9.23. The van der Waals surface area contributed by atoms with Crippen LogP contribution < -0.4 is 4.90 Å². The van der Waals surface area contributed by atoms with Crippen molar-refractivity contribution in [2.75, 3.05) is 23.5 Å². The molecule has 0 spiro atoms. The van der Waals surface area contributed by atoms with Crippen LogP contribution in [0.4, 0.5) is 5.69 Å². The number of rotatable bonds is 3. The molecule has 1 aromatic carbocycles. The van der Waals surface area contributed by atoms with Crippen LogP contribution >= 0.6 is 27.7 Å². The average Bonchev–Trinajstić information content (AvgIpc) is 2.91. The van der Waals surface area contributed by atoms with E-state index >= 15 is 0 Å². The number of nitriles is 1. The minimum atomic E-state index is 0.571. The minimum absolute atomic E-state index is 0.571. The minimum Gasteiger partial charge on any atom is -0.370 e. The van der Waals surface area contributed by atoms with Gasteiger partial charge in [-0.2, -0.15) is 17.0 Å². The monoisotopic (exact) mass is 310 g/mol. The second-order valence-corrected chi connectivity index (χ2v) is 5.94. The van der Waals surface area contributed by atoms with Gasteiger partial charge in [0.05, 0.1) is 11.3 Å². The molecule has 1 saturated heterocycles. The summed E-state index contributed by atoms with van der Waals surface area (Å²) in [5.74, 6) is 2.40. The van der Waals surface area contributed by atoms with Crippen LogP contribution in [0.3, 0.4) is 0 Å². The number of nitrogens with zero attached hydrogens (tertiary/aromatic N) is 2. The SMILES string of the molecule is CN(c1ccc(CBr)cc1C#N)C1CCSC1. The summed E-state index contributed by atoms with van der Waals surface area (Å²) in [7, 11) is 2.10. The first-order valence-corrected chi connectivity index (χ1v) is 7.93. The van der Waals surface area contributed by atoms with Gasteiger partial charge in [0.2, 0.25) is 0 Å². The van der Waals surface area contributed by atoms with Gasteiger partial charge in [-0.3, -0.25) is 0 Å². The second-order valence-electron chi connectivity index (χ2n) is 4.23. The highest BCUT2D eigenvalue weighted by Crippen LogP contribution is 2.28. The number of anilines is 1. The molecule has 1 atom stereocenters. The predicted octanol–water partition coefficient (Wildman–Crippen LogP) is 3.39. The molecule has 0 saturated carbocycles. The van der Waals surface area contributed by atoms with Gasteiger partial charge in [0, 0.05) is 24.2 Å². The average molecular weight is 311 g/mol. The van der Waals surface area contributed by atoms with Crippen LogP contribution in [-0.2, 0) is 5.33 Å². The normalized spacial score (nSPS) is 19.0. The van der Waals surface area contributed by atoms with Gasteiger partial charge in [-0.1, -0.05) is 22.0 Å². The third kappa shape index (κ3) is 2.78. The van der Waals surface area contributed by atoms with Crippen LogP contribution in [0.5, 0.6) is 0 Å². The van der Waals surface area contributed by atoms with Crippen molar-refractivity contribution >= 4 is 33.4 Å². The molecular weight excluding hydrogens is 296 g/mol. The Morgan fingerprint density at radius 1 is 1.59 bits per heavy atom. The van der Waals surface area contributed by atoms with E-state index in [0.29, 0.717) is 6.04 Å². The van der Waals surface area contributed by atoms with E-state index in [1.54, 1.807) is 0 Å². The number of hydrogen-bond donors (Lipinski definition) is 0. The van der Waals surface area contributed by atoms with E-state index in [9.17, 15) is 5.26 Å². The largest absolute Gasteiger partial charge is 0.370 e. The summed E-state index contributed by atoms with van der Waals surface area (Å²) < 4.78 is 0. The molecule has 0 bridgehead atoms. The molecule has 1 aliphatic rings. The fraction of sp³-hybridized carbons (Fsp3) is 0.462. The standard InChI is InChI=1S/C13H15BrN2S/c1-16(12-4-5-17-9-12)13-3-2-10(7-14)6-11(13)8-15/h2-3,6,12H,4-5,7,9H2,1H3. The molecule has 2 nitrogen and oxygen atoms in total. The summed E-state index contributed by atoms with van der Waals surface area (Å²) in [6.45, 7) is 0. The Morgan fingerprint density at radius 2 is 2.41 bits per heavy atom. The first kappa shape index (κ1) is 12.8. The third-order valence-electron chi connectivity index (χ3n) is 3.17. The third-order valence-corrected chi connectivity index (χ3v) is 4.96. The molecule has 0 aromatic heterocycles. The quantitative estimate of drug-likeness (QED) is 0.801. The van der Waals surface area contributed by atoms with E-state index in [-0.39, 0.29) is 0 Å². The van der Waals surface area contributed by atoms with E-state index in [1.807, 2.05) is 17.8 Å². The lowest BCUT2D eigenvalue weighted by Gasteiger charge is -2.27. The van der Waals surface area contributed by atoms with Gasteiger partial charge in [0.15, 0.2) is 0 Å². The van der Waals surface area contributed by atoms with Crippen molar-refractivity contribution in [3.63, 3.8) is 0 Å².